The maximum Gasteiger partial charge on any atom is 0.164 e. The van der Waals surface area contributed by atoms with E-state index in [2.05, 4.69) is 164 Å². The summed E-state index contributed by atoms with van der Waals surface area (Å²) in [6.07, 6.45) is 0. The van der Waals surface area contributed by atoms with Crippen molar-refractivity contribution in [3.8, 4) is 56.4 Å². The van der Waals surface area contributed by atoms with Crippen LogP contribution in [0.5, 0.6) is 0 Å². The first kappa shape index (κ1) is 31.5. The van der Waals surface area contributed by atoms with Crippen LogP contribution in [0.1, 0.15) is 0 Å². The highest BCUT2D eigenvalue weighted by atomic mass is 32.1. The normalized spacial score (nSPS) is 11.6. The Labute approximate surface area is 321 Å². The minimum absolute atomic E-state index is 0.650. The third-order valence-corrected chi connectivity index (χ3v) is 11.9. The predicted molar refractivity (Wildman–Crippen MR) is 232 cm³/mol. The van der Waals surface area contributed by atoms with Gasteiger partial charge in [0.2, 0.25) is 0 Å². The number of hydrogen-bond donors (Lipinski definition) is 0. The minimum Gasteiger partial charge on any atom is -0.208 e. The second kappa shape index (κ2) is 12.8. The van der Waals surface area contributed by atoms with Crippen LogP contribution in [0.15, 0.2) is 188 Å². The molecule has 11 rings (SSSR count). The van der Waals surface area contributed by atoms with Gasteiger partial charge in [-0.25, -0.2) is 15.0 Å². The Morgan fingerprint density at radius 3 is 1.38 bits per heavy atom. The average molecular weight is 718 g/mol. The first-order chi connectivity index (χ1) is 27.2. The van der Waals surface area contributed by atoms with Gasteiger partial charge < -0.3 is 0 Å². The quantitative estimate of drug-likeness (QED) is 0.166. The van der Waals surface area contributed by atoms with Gasteiger partial charge in [0.1, 0.15) is 0 Å². The number of aromatic nitrogens is 3. The lowest BCUT2D eigenvalue weighted by Gasteiger charge is -2.12. The zero-order valence-corrected chi connectivity index (χ0v) is 30.5. The predicted octanol–water partition coefficient (Wildman–Crippen LogP) is 14.0. The van der Waals surface area contributed by atoms with Crippen molar-refractivity contribution in [1.29, 1.82) is 0 Å². The van der Waals surface area contributed by atoms with Gasteiger partial charge in [-0.15, -0.1) is 11.3 Å². The van der Waals surface area contributed by atoms with Crippen molar-refractivity contribution in [2.75, 3.05) is 0 Å². The molecule has 0 aliphatic carbocycles. The van der Waals surface area contributed by atoms with Crippen LogP contribution >= 0.6 is 11.3 Å². The first-order valence-corrected chi connectivity index (χ1v) is 19.3. The molecule has 4 heteroatoms. The fourth-order valence-corrected chi connectivity index (χ4v) is 9.18. The van der Waals surface area contributed by atoms with E-state index in [1.54, 1.807) is 0 Å². The highest BCUT2D eigenvalue weighted by Crippen LogP contribution is 2.43. The lowest BCUT2D eigenvalue weighted by atomic mass is 9.92. The lowest BCUT2D eigenvalue weighted by Crippen LogP contribution is -2.00. The summed E-state index contributed by atoms with van der Waals surface area (Å²) in [5, 5.41) is 10.0. The highest BCUT2D eigenvalue weighted by Gasteiger charge is 2.18. The van der Waals surface area contributed by atoms with Crippen LogP contribution in [0.4, 0.5) is 0 Å². The Balaban J connectivity index is 1.08. The molecule has 3 nitrogen and oxygen atoms in total. The second-order valence-corrected chi connectivity index (χ2v) is 15.0. The van der Waals surface area contributed by atoms with E-state index in [-0.39, 0.29) is 0 Å². The second-order valence-electron chi connectivity index (χ2n) is 14.0. The summed E-state index contributed by atoms with van der Waals surface area (Å²) in [5.74, 6) is 1.97. The van der Waals surface area contributed by atoms with Crippen molar-refractivity contribution in [2.24, 2.45) is 0 Å². The molecule has 0 spiro atoms. The molecule has 0 saturated heterocycles. The van der Waals surface area contributed by atoms with Gasteiger partial charge in [0, 0.05) is 36.9 Å². The monoisotopic (exact) mass is 717 g/mol. The maximum absolute atomic E-state index is 5.19. The Morgan fingerprint density at radius 1 is 0.273 bits per heavy atom. The summed E-state index contributed by atoms with van der Waals surface area (Å²) >= 11 is 1.81. The molecule has 256 valence electrons. The van der Waals surface area contributed by atoms with Crippen LogP contribution in [0, 0.1) is 0 Å². The summed E-state index contributed by atoms with van der Waals surface area (Å²) < 4.78 is 2.44. The van der Waals surface area contributed by atoms with Gasteiger partial charge in [0.05, 0.1) is 0 Å². The molecule has 2 aromatic heterocycles. The zero-order chi connectivity index (χ0) is 36.3. The number of thiophene rings is 1. The summed E-state index contributed by atoms with van der Waals surface area (Å²) in [5.41, 5.74) is 7.60. The van der Waals surface area contributed by atoms with Gasteiger partial charge in [-0.2, -0.15) is 0 Å². The molecule has 0 fully saturated rings. The van der Waals surface area contributed by atoms with E-state index in [1.807, 2.05) is 35.6 Å². The van der Waals surface area contributed by atoms with E-state index in [0.717, 1.165) is 27.6 Å². The molecule has 2 heterocycles. The van der Waals surface area contributed by atoms with E-state index in [1.165, 1.54) is 63.8 Å². The Morgan fingerprint density at radius 2 is 0.727 bits per heavy atom. The molecule has 55 heavy (non-hydrogen) atoms. The molecular formula is C51H31N3S. The topological polar surface area (TPSA) is 38.7 Å². The minimum atomic E-state index is 0.650. The summed E-state index contributed by atoms with van der Waals surface area (Å²) in [7, 11) is 0. The van der Waals surface area contributed by atoms with E-state index < -0.39 is 0 Å². The zero-order valence-electron chi connectivity index (χ0n) is 29.6. The van der Waals surface area contributed by atoms with Crippen molar-refractivity contribution < 1.29 is 0 Å². The Kier molecular flexibility index (Phi) is 7.35. The van der Waals surface area contributed by atoms with Crippen molar-refractivity contribution in [3.05, 3.63) is 188 Å². The van der Waals surface area contributed by atoms with E-state index in [4.69, 9.17) is 15.0 Å². The smallest absolute Gasteiger partial charge is 0.164 e. The van der Waals surface area contributed by atoms with Crippen molar-refractivity contribution in [1.82, 2.24) is 15.0 Å². The third kappa shape index (κ3) is 5.38. The third-order valence-electron chi connectivity index (χ3n) is 10.7. The Hall–Kier alpha value is -7.01. The van der Waals surface area contributed by atoms with Crippen LogP contribution in [0.3, 0.4) is 0 Å². The fraction of sp³-hybridized carbons (Fsp3) is 0. The van der Waals surface area contributed by atoms with Gasteiger partial charge >= 0.3 is 0 Å². The maximum atomic E-state index is 5.19. The summed E-state index contributed by atoms with van der Waals surface area (Å²) in [4.78, 5) is 15.4. The van der Waals surface area contributed by atoms with Gasteiger partial charge in [0.25, 0.3) is 0 Å². The molecule has 0 aliphatic rings. The number of benzene rings is 9. The van der Waals surface area contributed by atoms with Crippen LogP contribution in [0.25, 0.3) is 109 Å². The molecule has 0 amide bonds. The summed E-state index contributed by atoms with van der Waals surface area (Å²) in [6.45, 7) is 0. The van der Waals surface area contributed by atoms with Gasteiger partial charge in [-0.1, -0.05) is 164 Å². The molecule has 0 saturated carbocycles. The van der Waals surface area contributed by atoms with E-state index >= 15 is 0 Å². The van der Waals surface area contributed by atoms with Crippen LogP contribution in [-0.4, -0.2) is 15.0 Å². The standard InChI is InChI=1S/C51H31N3S/c1-3-12-32(13-4-1)33-22-24-35(25-23-33)50-52-49(34-14-5-2-6-15-34)53-51(54-50)43-20-11-21-47-48(43)45-31-37(27-29-46(45)55-47)36-26-28-42-40-18-8-7-16-38(40)39-17-9-10-19-41(39)44(42)30-36/h1-31H. The van der Waals surface area contributed by atoms with Crippen molar-refractivity contribution in [3.63, 3.8) is 0 Å². The number of nitrogens with zero attached hydrogens (tertiary/aromatic N) is 3. The molecule has 11 aromatic rings. The molecule has 0 N–H and O–H groups in total. The average Bonchev–Trinajstić information content (AvgIpc) is 3.65. The molecule has 0 aliphatic heterocycles. The van der Waals surface area contributed by atoms with Gasteiger partial charge in [0.15, 0.2) is 17.5 Å². The van der Waals surface area contributed by atoms with E-state index in [9.17, 15) is 0 Å². The molecule has 9 aromatic carbocycles. The molecular weight excluding hydrogens is 687 g/mol. The number of fused-ring (bicyclic) bond motifs is 9. The van der Waals surface area contributed by atoms with E-state index in [0.29, 0.717) is 17.5 Å². The van der Waals surface area contributed by atoms with Crippen LogP contribution < -0.4 is 0 Å². The largest absolute Gasteiger partial charge is 0.208 e. The lowest BCUT2D eigenvalue weighted by molar-refractivity contribution is 1.08. The van der Waals surface area contributed by atoms with Crippen molar-refractivity contribution >= 4 is 63.8 Å². The molecule has 0 bridgehead atoms. The number of rotatable bonds is 5. The summed E-state index contributed by atoms with van der Waals surface area (Å²) in [6, 6.07) is 66.9. The van der Waals surface area contributed by atoms with Gasteiger partial charge in [-0.3, -0.25) is 0 Å². The molecule has 0 unspecified atom stereocenters. The van der Waals surface area contributed by atoms with Crippen LogP contribution in [0.2, 0.25) is 0 Å². The van der Waals surface area contributed by atoms with Gasteiger partial charge in [-0.05, 0) is 78.8 Å². The SMILES string of the molecule is c1ccc(-c2ccc(-c3nc(-c4ccccc4)nc(-c4cccc5sc6ccc(-c7ccc8c9ccccc9c9ccccc9c8c7)cc6c45)n3)cc2)cc1. The van der Waals surface area contributed by atoms with Crippen molar-refractivity contribution in [2.45, 2.75) is 0 Å². The first-order valence-electron chi connectivity index (χ1n) is 18.5. The number of hydrogen-bond acceptors (Lipinski definition) is 4. The highest BCUT2D eigenvalue weighted by molar-refractivity contribution is 7.26. The van der Waals surface area contributed by atoms with Crippen LogP contribution in [-0.2, 0) is 0 Å². The fourth-order valence-electron chi connectivity index (χ4n) is 8.06. The molecule has 0 radical (unpaired) electrons. The molecule has 0 atom stereocenters. The Bertz CT molecular complexity index is 3210.